The quantitative estimate of drug-likeness (QED) is 0.0405. The van der Waals surface area contributed by atoms with Crippen molar-refractivity contribution >= 4 is 79.7 Å². The lowest BCUT2D eigenvalue weighted by atomic mass is 10.0. The number of carbonyl (C=O) groups is 8. The molecular formula is C48H64N12O10S2. The van der Waals surface area contributed by atoms with Crippen molar-refractivity contribution in [2.45, 2.75) is 113 Å². The number of hydrogen-bond donors (Lipinski definition) is 13. The van der Waals surface area contributed by atoms with Crippen molar-refractivity contribution in [2.75, 3.05) is 18.1 Å². The van der Waals surface area contributed by atoms with E-state index in [0.717, 1.165) is 38.1 Å². The molecule has 10 atom stereocenters. The van der Waals surface area contributed by atoms with Gasteiger partial charge in [0.2, 0.25) is 47.3 Å². The summed E-state index contributed by atoms with van der Waals surface area (Å²) < 4.78 is 0. The van der Waals surface area contributed by atoms with Gasteiger partial charge in [0.25, 0.3) is 0 Å². The number of aromatic amines is 1. The average molecular weight is 1030 g/mol. The summed E-state index contributed by atoms with van der Waals surface area (Å²) in [5.41, 5.74) is 20.2. The molecule has 388 valence electrons. The predicted octanol–water partition coefficient (Wildman–Crippen LogP) is -1.92. The van der Waals surface area contributed by atoms with E-state index in [9.17, 15) is 48.6 Å². The predicted molar refractivity (Wildman–Crippen MR) is 272 cm³/mol. The van der Waals surface area contributed by atoms with E-state index in [0.29, 0.717) is 24.0 Å². The number of H-pyrrole nitrogens is 1. The zero-order valence-electron chi connectivity index (χ0n) is 39.9. The summed E-state index contributed by atoms with van der Waals surface area (Å²) >= 11 is 0. The number of nitrogens with one attached hydrogen (secondary N) is 8. The second-order valence-electron chi connectivity index (χ2n) is 17.4. The molecular weight excluding hydrogens is 969 g/mol. The fraction of sp³-hybridized carbons (Fsp3) is 0.438. The average Bonchev–Trinajstić information content (AvgIpc) is 3.76. The van der Waals surface area contributed by atoms with Crippen molar-refractivity contribution in [3.8, 4) is 0 Å². The van der Waals surface area contributed by atoms with E-state index in [1.54, 1.807) is 48.7 Å². The first-order chi connectivity index (χ1) is 34.4. The second kappa shape index (κ2) is 27.9. The van der Waals surface area contributed by atoms with Crippen LogP contribution in [0.5, 0.6) is 0 Å². The first kappa shape index (κ1) is 56.3. The number of carbonyl (C=O) groups excluding carboxylic acids is 8. The number of nitrogens with two attached hydrogens (primary N) is 3. The van der Waals surface area contributed by atoms with E-state index in [4.69, 9.17) is 17.2 Å². The Kier molecular flexibility index (Phi) is 21.8. The van der Waals surface area contributed by atoms with E-state index in [1.165, 1.54) is 26.2 Å². The number of primary amides is 1. The molecule has 16 N–H and O–H groups in total. The van der Waals surface area contributed by atoms with Gasteiger partial charge in [-0.3, -0.25) is 43.3 Å². The van der Waals surface area contributed by atoms with Gasteiger partial charge in [0, 0.05) is 53.8 Å². The Balaban J connectivity index is 1.57. The molecule has 1 aliphatic rings. The summed E-state index contributed by atoms with van der Waals surface area (Å²) in [5.74, 6) is -7.61. The minimum absolute atomic E-state index is 0.00518. The summed E-state index contributed by atoms with van der Waals surface area (Å²) in [7, 11) is 1.95. The van der Waals surface area contributed by atoms with E-state index in [1.807, 2.05) is 24.3 Å². The van der Waals surface area contributed by atoms with E-state index in [-0.39, 0.29) is 43.7 Å². The smallest absolute Gasteiger partial charge is 0.245 e. The lowest BCUT2D eigenvalue weighted by molar-refractivity contribution is -0.137. The molecule has 2 aromatic heterocycles. The van der Waals surface area contributed by atoms with Gasteiger partial charge in [-0.2, -0.15) is 0 Å². The maximum Gasteiger partial charge on any atom is 0.245 e. The number of fused-ring (bicyclic) bond motifs is 1. The number of benzene rings is 2. The van der Waals surface area contributed by atoms with E-state index >= 15 is 0 Å². The monoisotopic (exact) mass is 1030 g/mol. The normalized spacial score (nSPS) is 22.6. The third-order valence-electron chi connectivity index (χ3n) is 11.7. The lowest BCUT2D eigenvalue weighted by Gasteiger charge is -2.29. The summed E-state index contributed by atoms with van der Waals surface area (Å²) in [4.78, 5) is 119. The molecule has 22 nitrogen and oxygen atoms in total. The van der Waals surface area contributed by atoms with Gasteiger partial charge in [-0.05, 0) is 74.9 Å². The van der Waals surface area contributed by atoms with E-state index in [2.05, 4.69) is 47.2 Å². The molecule has 1 saturated heterocycles. The molecule has 5 rings (SSSR count). The van der Waals surface area contributed by atoms with Gasteiger partial charge in [-0.25, -0.2) is 0 Å². The van der Waals surface area contributed by atoms with Crippen molar-refractivity contribution in [1.29, 1.82) is 0 Å². The number of hydrogen-bond acceptors (Lipinski definition) is 15. The van der Waals surface area contributed by atoms with Crippen LogP contribution in [0.4, 0.5) is 0 Å². The van der Waals surface area contributed by atoms with Crippen LogP contribution in [0.25, 0.3) is 10.9 Å². The Labute approximate surface area is 424 Å². The number of rotatable bonds is 17. The van der Waals surface area contributed by atoms with Gasteiger partial charge in [0.1, 0.15) is 42.3 Å². The van der Waals surface area contributed by atoms with Gasteiger partial charge in [0.15, 0.2) is 0 Å². The summed E-state index contributed by atoms with van der Waals surface area (Å²) in [6.07, 6.45) is 2.36. The minimum Gasteiger partial charge on any atom is -0.391 e. The van der Waals surface area contributed by atoms with Crippen molar-refractivity contribution in [3.05, 3.63) is 102 Å². The number of amides is 8. The van der Waals surface area contributed by atoms with Crippen LogP contribution in [0.15, 0.2) is 85.3 Å². The van der Waals surface area contributed by atoms with Crippen molar-refractivity contribution < 1.29 is 48.6 Å². The fourth-order valence-corrected chi connectivity index (χ4v) is 10.0. The van der Waals surface area contributed by atoms with Gasteiger partial charge >= 0.3 is 0 Å². The third-order valence-corrected chi connectivity index (χ3v) is 14.1. The van der Waals surface area contributed by atoms with Crippen LogP contribution in [0.1, 0.15) is 49.8 Å². The van der Waals surface area contributed by atoms with Crippen LogP contribution in [-0.4, -0.2) is 146 Å². The van der Waals surface area contributed by atoms with Crippen LogP contribution < -0.4 is 54.4 Å². The van der Waals surface area contributed by atoms with Crippen molar-refractivity contribution in [3.63, 3.8) is 0 Å². The highest BCUT2D eigenvalue weighted by Crippen LogP contribution is 2.24. The molecule has 4 aromatic rings. The number of para-hydroxylation sites is 1. The maximum atomic E-state index is 14.7. The lowest BCUT2D eigenvalue weighted by Crippen LogP contribution is -2.62. The molecule has 1 fully saturated rings. The van der Waals surface area contributed by atoms with Crippen molar-refractivity contribution in [1.82, 2.24) is 47.2 Å². The Bertz CT molecular complexity index is 2480. The van der Waals surface area contributed by atoms with Gasteiger partial charge < -0.3 is 69.6 Å². The van der Waals surface area contributed by atoms with Crippen LogP contribution in [0.2, 0.25) is 0 Å². The zero-order chi connectivity index (χ0) is 52.3. The van der Waals surface area contributed by atoms with Crippen LogP contribution in [-0.2, 0) is 57.6 Å². The molecule has 0 bridgehead atoms. The Morgan fingerprint density at radius 3 is 2.07 bits per heavy atom. The SMILES string of the molecule is C[C@@H](O)[C@H](NC(=O)[C@@H]1CSSC[C@@H](NC(=O)[C@@H](N)Cc2ccccc2)C(=O)N[C@@H](Cc2cccnc2)C(=O)N[C@H](Cc2c[nH]c3ccccc23)C(=O)N[C@@H](CCCCN)C(=O)N[C@@H]([C@@H](C)O)C(=O)N1)C(N)=O. The van der Waals surface area contributed by atoms with Crippen LogP contribution in [0.3, 0.4) is 0 Å². The Morgan fingerprint density at radius 1 is 0.764 bits per heavy atom. The first-order valence-corrected chi connectivity index (χ1v) is 25.9. The number of nitrogens with zero attached hydrogens (tertiary/aromatic N) is 1. The number of aromatic nitrogens is 2. The highest BCUT2D eigenvalue weighted by atomic mass is 33.1. The topological polar surface area (TPSA) is 368 Å². The van der Waals surface area contributed by atoms with Gasteiger partial charge in [-0.1, -0.05) is 76.2 Å². The molecule has 2 aromatic carbocycles. The summed E-state index contributed by atoms with van der Waals surface area (Å²) in [5, 5.41) is 40.2. The molecule has 3 heterocycles. The number of aliphatic hydroxyl groups excluding tert-OH is 2. The van der Waals surface area contributed by atoms with Gasteiger partial charge in [-0.15, -0.1) is 0 Å². The molecule has 8 amide bonds. The number of aliphatic hydroxyl groups is 2. The van der Waals surface area contributed by atoms with Crippen LogP contribution in [0, 0.1) is 0 Å². The fourth-order valence-electron chi connectivity index (χ4n) is 7.71. The molecule has 72 heavy (non-hydrogen) atoms. The minimum atomic E-state index is -1.72. The summed E-state index contributed by atoms with van der Waals surface area (Å²) in [6, 6.07) is 8.14. The number of pyridine rings is 1. The molecule has 0 saturated carbocycles. The molecule has 0 aliphatic carbocycles. The first-order valence-electron chi connectivity index (χ1n) is 23.4. The third kappa shape index (κ3) is 16.8. The summed E-state index contributed by atoms with van der Waals surface area (Å²) in [6.45, 7) is 2.69. The Morgan fingerprint density at radius 2 is 1.40 bits per heavy atom. The van der Waals surface area contributed by atoms with Gasteiger partial charge in [0.05, 0.1) is 18.2 Å². The Hall–Kier alpha value is -6.57. The number of unbranched alkanes of at least 4 members (excludes halogenated alkanes) is 1. The maximum absolute atomic E-state index is 14.7. The molecule has 0 unspecified atom stereocenters. The van der Waals surface area contributed by atoms with E-state index < -0.39 is 108 Å². The highest BCUT2D eigenvalue weighted by Gasteiger charge is 2.37. The van der Waals surface area contributed by atoms with Crippen molar-refractivity contribution in [2.24, 2.45) is 17.2 Å². The largest absolute Gasteiger partial charge is 0.391 e. The molecule has 1 aliphatic heterocycles. The molecule has 24 heteroatoms. The van der Waals surface area contributed by atoms with Crippen LogP contribution >= 0.6 is 21.6 Å². The second-order valence-corrected chi connectivity index (χ2v) is 20.0. The zero-order valence-corrected chi connectivity index (χ0v) is 41.5. The standard InChI is InChI=1S/C48H64N12O10S2/c1-26(61)39(41(51)63)59-47(69)38-25-72-71-24-37(57-42(64)32(50)19-28-11-4-3-5-12-28)46(68)55-35(20-29-13-10-18-52-22-29)44(66)56-36(21-30-23-53-33-15-7-6-14-31(30)33)45(67)54-34(16-8-9-17-49)43(65)60-40(27(2)62)48(70)58-38/h3-7,10-15,18,22-23,26-27,32,34-40,53,61-62H,8-9,16-17,19-21,24-25,49-50H2,1-2H3,(H2,51,63)(H,54,67)(H,55,68)(H,56,66)(H,57,64)(H,58,70)(H,59,69)(H,60,65)/t26-,27-,32+,34+,35+,36-,37-,38+,39+,40+/m1/s1. The molecule has 0 radical (unpaired) electrons. The molecule has 0 spiro atoms. The highest BCUT2D eigenvalue weighted by molar-refractivity contribution is 8.76.